The van der Waals surface area contributed by atoms with Crippen molar-refractivity contribution in [2.75, 3.05) is 11.4 Å². The third-order valence-corrected chi connectivity index (χ3v) is 5.75. The van der Waals surface area contributed by atoms with Gasteiger partial charge in [-0.1, -0.05) is 18.2 Å². The zero-order valence-corrected chi connectivity index (χ0v) is 17.5. The minimum Gasteiger partial charge on any atom is -0.467 e. The fourth-order valence-electron chi connectivity index (χ4n) is 3.94. The van der Waals surface area contributed by atoms with Crippen LogP contribution in [-0.2, 0) is 25.9 Å². The van der Waals surface area contributed by atoms with E-state index in [-0.39, 0.29) is 5.91 Å². The Kier molecular flexibility index (Phi) is 5.53. The normalized spacial score (nSPS) is 15.5. The second-order valence-electron chi connectivity index (χ2n) is 7.26. The molecule has 0 spiro atoms. The van der Waals surface area contributed by atoms with E-state index in [1.54, 1.807) is 12.3 Å². The number of para-hydroxylation sites is 1. The number of rotatable bonds is 7. The van der Waals surface area contributed by atoms with Crippen LogP contribution >= 0.6 is 12.2 Å². The minimum absolute atomic E-state index is 0.133. The quantitative estimate of drug-likeness (QED) is 0.582. The summed E-state index contributed by atoms with van der Waals surface area (Å²) in [5.74, 6) is 1.39. The summed E-state index contributed by atoms with van der Waals surface area (Å²) in [7, 11) is 0. The molecule has 1 atom stereocenters. The molecule has 1 unspecified atom stereocenters. The van der Waals surface area contributed by atoms with E-state index in [4.69, 9.17) is 16.6 Å². The first-order valence-electron chi connectivity index (χ1n) is 9.91. The number of aromatic amines is 1. The van der Waals surface area contributed by atoms with Gasteiger partial charge in [0.1, 0.15) is 11.6 Å². The molecule has 3 heterocycles. The van der Waals surface area contributed by atoms with Crippen LogP contribution in [0.3, 0.4) is 0 Å². The molecule has 0 aliphatic carbocycles. The monoisotopic (exact) mass is 411 g/mol. The lowest BCUT2D eigenvalue weighted by Gasteiger charge is -2.24. The van der Waals surface area contributed by atoms with E-state index in [0.717, 1.165) is 18.8 Å². The number of furan rings is 1. The van der Waals surface area contributed by atoms with Crippen LogP contribution < -0.4 is 10.2 Å². The van der Waals surface area contributed by atoms with Gasteiger partial charge in [0.25, 0.3) is 5.91 Å². The summed E-state index contributed by atoms with van der Waals surface area (Å²) >= 11 is 5.20. The van der Waals surface area contributed by atoms with E-state index in [1.165, 1.54) is 11.3 Å². The standard InChI is InChI=1S/C21H25N5O2S/c1-3-25-19(23-24-21(25)29)8-10-22-20(27)16-9-11-28-18(16)13-26-14(2)12-15-6-4-5-7-17(15)26/h4-7,9,11,14H,3,8,10,12-13H2,1-2H3,(H,22,27)(H,24,29). The van der Waals surface area contributed by atoms with Crippen molar-refractivity contribution in [3.05, 3.63) is 64.1 Å². The molecule has 2 aromatic heterocycles. The number of benzene rings is 1. The number of carbonyl (C=O) groups excluding carboxylic acids is 1. The predicted molar refractivity (Wildman–Crippen MR) is 114 cm³/mol. The Morgan fingerprint density at radius 3 is 3.03 bits per heavy atom. The fraction of sp³-hybridized carbons (Fsp3) is 0.381. The topological polar surface area (TPSA) is 79.1 Å². The summed E-state index contributed by atoms with van der Waals surface area (Å²) in [4.78, 5) is 15.0. The third kappa shape index (κ3) is 3.85. The van der Waals surface area contributed by atoms with Crippen LogP contribution in [0.25, 0.3) is 0 Å². The number of nitrogens with one attached hydrogen (secondary N) is 2. The molecule has 0 radical (unpaired) electrons. The number of fused-ring (bicyclic) bond motifs is 1. The molecule has 2 N–H and O–H groups in total. The number of anilines is 1. The van der Waals surface area contributed by atoms with Gasteiger partial charge in [-0.15, -0.1) is 0 Å². The Labute approximate surface area is 174 Å². The van der Waals surface area contributed by atoms with Crippen LogP contribution in [0.1, 0.15) is 41.4 Å². The highest BCUT2D eigenvalue weighted by molar-refractivity contribution is 7.71. The SMILES string of the molecule is CCn1c(CCNC(=O)c2ccoc2CN2c3ccccc3CC2C)n[nH]c1=S. The van der Waals surface area contributed by atoms with Crippen molar-refractivity contribution in [3.8, 4) is 0 Å². The molecule has 8 heteroatoms. The summed E-state index contributed by atoms with van der Waals surface area (Å²) in [6.07, 6.45) is 3.19. The molecular formula is C21H25N5O2S. The highest BCUT2D eigenvalue weighted by Crippen LogP contribution is 2.33. The Morgan fingerprint density at radius 2 is 2.21 bits per heavy atom. The first-order chi connectivity index (χ1) is 14.1. The molecule has 7 nitrogen and oxygen atoms in total. The number of amides is 1. The van der Waals surface area contributed by atoms with E-state index in [0.29, 0.717) is 41.6 Å². The maximum absolute atomic E-state index is 12.7. The molecule has 4 rings (SSSR count). The molecule has 1 aliphatic heterocycles. The van der Waals surface area contributed by atoms with Crippen molar-refractivity contribution in [2.45, 2.75) is 45.8 Å². The minimum atomic E-state index is -0.133. The highest BCUT2D eigenvalue weighted by atomic mass is 32.1. The number of aromatic nitrogens is 3. The lowest BCUT2D eigenvalue weighted by molar-refractivity contribution is 0.0952. The van der Waals surface area contributed by atoms with E-state index in [9.17, 15) is 4.79 Å². The highest BCUT2D eigenvalue weighted by Gasteiger charge is 2.27. The molecule has 1 aliphatic rings. The second-order valence-corrected chi connectivity index (χ2v) is 7.65. The molecule has 1 aromatic carbocycles. The molecule has 0 saturated heterocycles. The molecular weight excluding hydrogens is 386 g/mol. The van der Waals surface area contributed by atoms with Gasteiger partial charge in [-0.25, -0.2) is 0 Å². The van der Waals surface area contributed by atoms with Crippen LogP contribution in [-0.4, -0.2) is 33.3 Å². The zero-order chi connectivity index (χ0) is 20.4. The Bertz CT molecular complexity index is 1070. The average molecular weight is 412 g/mol. The maximum Gasteiger partial charge on any atom is 0.254 e. The Balaban J connectivity index is 1.41. The number of hydrogen-bond donors (Lipinski definition) is 2. The van der Waals surface area contributed by atoms with Gasteiger partial charge < -0.3 is 19.2 Å². The largest absolute Gasteiger partial charge is 0.467 e. The summed E-state index contributed by atoms with van der Waals surface area (Å²) < 4.78 is 8.21. The zero-order valence-electron chi connectivity index (χ0n) is 16.6. The van der Waals surface area contributed by atoms with Crippen molar-refractivity contribution in [1.82, 2.24) is 20.1 Å². The number of nitrogens with zero attached hydrogens (tertiary/aromatic N) is 3. The Morgan fingerprint density at radius 1 is 1.38 bits per heavy atom. The van der Waals surface area contributed by atoms with Gasteiger partial charge in [0, 0.05) is 31.2 Å². The summed E-state index contributed by atoms with van der Waals surface area (Å²) in [5.41, 5.74) is 3.13. The van der Waals surface area contributed by atoms with E-state index >= 15 is 0 Å². The van der Waals surface area contributed by atoms with Crippen LogP contribution in [0.2, 0.25) is 0 Å². The van der Waals surface area contributed by atoms with E-state index in [2.05, 4.69) is 45.5 Å². The van der Waals surface area contributed by atoms with Crippen molar-refractivity contribution in [3.63, 3.8) is 0 Å². The van der Waals surface area contributed by atoms with Gasteiger partial charge >= 0.3 is 0 Å². The molecule has 0 bridgehead atoms. The molecule has 3 aromatic rings. The van der Waals surface area contributed by atoms with Gasteiger partial charge in [0.05, 0.1) is 18.4 Å². The average Bonchev–Trinajstić information content (AvgIpc) is 3.40. The molecule has 29 heavy (non-hydrogen) atoms. The lowest BCUT2D eigenvalue weighted by atomic mass is 10.1. The lowest BCUT2D eigenvalue weighted by Crippen LogP contribution is -2.31. The van der Waals surface area contributed by atoms with Crippen molar-refractivity contribution in [1.29, 1.82) is 0 Å². The number of H-pyrrole nitrogens is 1. The van der Waals surface area contributed by atoms with Gasteiger partial charge in [0.15, 0.2) is 4.77 Å². The maximum atomic E-state index is 12.7. The van der Waals surface area contributed by atoms with Crippen molar-refractivity contribution < 1.29 is 9.21 Å². The number of hydrogen-bond acceptors (Lipinski definition) is 5. The molecule has 0 fully saturated rings. The van der Waals surface area contributed by atoms with Crippen LogP contribution in [0, 0.1) is 4.77 Å². The van der Waals surface area contributed by atoms with Gasteiger partial charge in [-0.3, -0.25) is 9.89 Å². The Hall–Kier alpha value is -2.87. The predicted octanol–water partition coefficient (Wildman–Crippen LogP) is 3.48. The van der Waals surface area contributed by atoms with Crippen LogP contribution in [0.5, 0.6) is 0 Å². The first-order valence-corrected chi connectivity index (χ1v) is 10.3. The smallest absolute Gasteiger partial charge is 0.254 e. The van der Waals surface area contributed by atoms with Gasteiger partial charge in [0.2, 0.25) is 0 Å². The van der Waals surface area contributed by atoms with Crippen LogP contribution in [0.15, 0.2) is 41.0 Å². The van der Waals surface area contributed by atoms with Gasteiger partial charge in [-0.2, -0.15) is 5.10 Å². The number of carbonyl (C=O) groups is 1. The van der Waals surface area contributed by atoms with E-state index < -0.39 is 0 Å². The summed E-state index contributed by atoms with van der Waals surface area (Å²) in [5, 5.41) is 10.0. The van der Waals surface area contributed by atoms with Crippen molar-refractivity contribution in [2.24, 2.45) is 0 Å². The first kappa shape index (κ1) is 19.4. The second kappa shape index (κ2) is 8.24. The summed E-state index contributed by atoms with van der Waals surface area (Å²) in [6, 6.07) is 10.5. The molecule has 1 amide bonds. The molecule has 152 valence electrons. The van der Waals surface area contributed by atoms with Crippen molar-refractivity contribution >= 4 is 23.8 Å². The summed E-state index contributed by atoms with van der Waals surface area (Å²) in [6.45, 7) is 6.01. The van der Waals surface area contributed by atoms with Gasteiger partial charge in [-0.05, 0) is 50.2 Å². The van der Waals surface area contributed by atoms with Crippen LogP contribution in [0.4, 0.5) is 5.69 Å². The molecule has 0 saturated carbocycles. The fourth-order valence-corrected chi connectivity index (χ4v) is 4.22. The van der Waals surface area contributed by atoms with E-state index in [1.807, 2.05) is 17.6 Å². The third-order valence-electron chi connectivity index (χ3n) is 5.44.